The van der Waals surface area contributed by atoms with Gasteiger partial charge in [-0.3, -0.25) is 0 Å². The molecule has 96 valence electrons. The van der Waals surface area contributed by atoms with Gasteiger partial charge in [-0.2, -0.15) is 0 Å². The minimum atomic E-state index is 0.566. The predicted octanol–water partition coefficient (Wildman–Crippen LogP) is 4.30. The Labute approximate surface area is 110 Å². The van der Waals surface area contributed by atoms with Crippen molar-refractivity contribution in [3.8, 4) is 5.88 Å². The Balaban J connectivity index is 0.000000771. The Morgan fingerprint density at radius 3 is 2.22 bits per heavy atom. The van der Waals surface area contributed by atoms with Crippen LogP contribution in [-0.4, -0.2) is 4.98 Å². The SMILES string of the molecule is CC.Cc1ccc(OCc2ccccc2)nc1C. The topological polar surface area (TPSA) is 22.1 Å². The Hall–Kier alpha value is -1.83. The highest BCUT2D eigenvalue weighted by Crippen LogP contribution is 2.13. The Morgan fingerprint density at radius 2 is 1.61 bits per heavy atom. The monoisotopic (exact) mass is 243 g/mol. The third-order valence-corrected chi connectivity index (χ3v) is 2.55. The predicted molar refractivity (Wildman–Crippen MR) is 75.8 cm³/mol. The lowest BCUT2D eigenvalue weighted by Gasteiger charge is -2.07. The average Bonchev–Trinajstić information content (AvgIpc) is 2.44. The first-order valence-electron chi connectivity index (χ1n) is 6.36. The van der Waals surface area contributed by atoms with Crippen molar-refractivity contribution >= 4 is 0 Å². The summed E-state index contributed by atoms with van der Waals surface area (Å²) in [6.45, 7) is 8.60. The molecule has 1 aromatic carbocycles. The highest BCUT2D eigenvalue weighted by Gasteiger charge is 1.99. The molecule has 0 bridgehead atoms. The number of ether oxygens (including phenoxy) is 1. The van der Waals surface area contributed by atoms with E-state index >= 15 is 0 Å². The number of pyridine rings is 1. The smallest absolute Gasteiger partial charge is 0.213 e. The molecule has 18 heavy (non-hydrogen) atoms. The Kier molecular flexibility index (Phi) is 5.92. The molecule has 0 aliphatic heterocycles. The fourth-order valence-electron chi connectivity index (χ4n) is 1.42. The fraction of sp³-hybridized carbons (Fsp3) is 0.312. The molecule has 2 rings (SSSR count). The molecule has 0 unspecified atom stereocenters. The van der Waals surface area contributed by atoms with Gasteiger partial charge in [-0.1, -0.05) is 50.2 Å². The van der Waals surface area contributed by atoms with Gasteiger partial charge in [0.05, 0.1) is 0 Å². The molecule has 2 heteroatoms. The summed E-state index contributed by atoms with van der Waals surface area (Å²) in [7, 11) is 0. The van der Waals surface area contributed by atoms with Crippen molar-refractivity contribution in [2.45, 2.75) is 34.3 Å². The van der Waals surface area contributed by atoms with Gasteiger partial charge in [0.15, 0.2) is 0 Å². The van der Waals surface area contributed by atoms with E-state index < -0.39 is 0 Å². The van der Waals surface area contributed by atoms with E-state index in [0.717, 1.165) is 11.3 Å². The summed E-state index contributed by atoms with van der Waals surface area (Å²) in [6, 6.07) is 14.0. The summed E-state index contributed by atoms with van der Waals surface area (Å²) in [6.07, 6.45) is 0. The van der Waals surface area contributed by atoms with Crippen LogP contribution in [0.2, 0.25) is 0 Å². The van der Waals surface area contributed by atoms with Crippen LogP contribution in [0.3, 0.4) is 0 Å². The van der Waals surface area contributed by atoms with Crippen LogP contribution >= 0.6 is 0 Å². The van der Waals surface area contributed by atoms with Crippen LogP contribution in [0.15, 0.2) is 42.5 Å². The van der Waals surface area contributed by atoms with Crippen LogP contribution in [0.4, 0.5) is 0 Å². The van der Waals surface area contributed by atoms with Gasteiger partial charge < -0.3 is 4.74 Å². The van der Waals surface area contributed by atoms with E-state index in [4.69, 9.17) is 4.74 Å². The molecule has 1 aromatic heterocycles. The van der Waals surface area contributed by atoms with Gasteiger partial charge in [0.1, 0.15) is 6.61 Å². The largest absolute Gasteiger partial charge is 0.473 e. The van der Waals surface area contributed by atoms with Crippen LogP contribution in [0.5, 0.6) is 5.88 Å². The summed E-state index contributed by atoms with van der Waals surface area (Å²) in [5, 5.41) is 0. The van der Waals surface area contributed by atoms with Crippen LogP contribution in [-0.2, 0) is 6.61 Å². The van der Waals surface area contributed by atoms with Crippen molar-refractivity contribution in [2.75, 3.05) is 0 Å². The van der Waals surface area contributed by atoms with Crippen molar-refractivity contribution in [1.82, 2.24) is 4.98 Å². The quantitative estimate of drug-likeness (QED) is 0.801. The molecule has 0 spiro atoms. The molecule has 1 heterocycles. The van der Waals surface area contributed by atoms with Gasteiger partial charge in [-0.25, -0.2) is 4.98 Å². The van der Waals surface area contributed by atoms with Gasteiger partial charge in [0, 0.05) is 11.8 Å². The van der Waals surface area contributed by atoms with Gasteiger partial charge >= 0.3 is 0 Å². The molecule has 0 fully saturated rings. The number of rotatable bonds is 3. The summed E-state index contributed by atoms with van der Waals surface area (Å²) >= 11 is 0. The molecule has 0 atom stereocenters. The third kappa shape index (κ3) is 4.21. The Bertz CT molecular complexity index is 466. The van der Waals surface area contributed by atoms with Crippen molar-refractivity contribution in [3.05, 3.63) is 59.3 Å². The number of aryl methyl sites for hydroxylation is 2. The van der Waals surface area contributed by atoms with Gasteiger partial charge in [-0.05, 0) is 25.0 Å². The molecule has 0 aliphatic rings. The van der Waals surface area contributed by atoms with Crippen molar-refractivity contribution in [3.63, 3.8) is 0 Å². The highest BCUT2D eigenvalue weighted by atomic mass is 16.5. The van der Waals surface area contributed by atoms with Crippen LogP contribution in [0.1, 0.15) is 30.7 Å². The van der Waals surface area contributed by atoms with Crippen LogP contribution in [0.25, 0.3) is 0 Å². The number of nitrogens with zero attached hydrogens (tertiary/aromatic N) is 1. The standard InChI is InChI=1S/C14H15NO.C2H6/c1-11-8-9-14(15-12(11)2)16-10-13-6-4-3-5-7-13;1-2/h3-9H,10H2,1-2H3;1-2H3. The van der Waals surface area contributed by atoms with Crippen molar-refractivity contribution in [1.29, 1.82) is 0 Å². The molecule has 0 saturated carbocycles. The number of aromatic nitrogens is 1. The second-order valence-electron chi connectivity index (χ2n) is 3.83. The lowest BCUT2D eigenvalue weighted by atomic mass is 10.2. The maximum absolute atomic E-state index is 5.62. The summed E-state index contributed by atoms with van der Waals surface area (Å²) in [5.41, 5.74) is 3.36. The molecule has 2 nitrogen and oxygen atoms in total. The fourth-order valence-corrected chi connectivity index (χ4v) is 1.42. The van der Waals surface area contributed by atoms with E-state index in [1.54, 1.807) is 0 Å². The van der Waals surface area contributed by atoms with Crippen LogP contribution < -0.4 is 4.74 Å². The molecular weight excluding hydrogens is 222 g/mol. The molecule has 0 saturated heterocycles. The minimum Gasteiger partial charge on any atom is -0.473 e. The normalized spacial score (nSPS) is 9.33. The third-order valence-electron chi connectivity index (χ3n) is 2.55. The second kappa shape index (κ2) is 7.49. The maximum Gasteiger partial charge on any atom is 0.213 e. The molecule has 0 aliphatic carbocycles. The first-order chi connectivity index (χ1) is 8.75. The highest BCUT2D eigenvalue weighted by molar-refractivity contribution is 5.24. The van der Waals surface area contributed by atoms with E-state index in [1.165, 1.54) is 5.56 Å². The summed E-state index contributed by atoms with van der Waals surface area (Å²) < 4.78 is 5.62. The lowest BCUT2D eigenvalue weighted by molar-refractivity contribution is 0.293. The zero-order chi connectivity index (χ0) is 13.4. The molecule has 0 radical (unpaired) electrons. The second-order valence-corrected chi connectivity index (χ2v) is 3.83. The summed E-state index contributed by atoms with van der Waals surface area (Å²) in [4.78, 5) is 4.37. The zero-order valence-corrected chi connectivity index (χ0v) is 11.6. The maximum atomic E-state index is 5.62. The van der Waals surface area contributed by atoms with Crippen LogP contribution in [0, 0.1) is 13.8 Å². The van der Waals surface area contributed by atoms with Crippen molar-refractivity contribution in [2.24, 2.45) is 0 Å². The number of hydrogen-bond acceptors (Lipinski definition) is 2. The number of benzene rings is 1. The first kappa shape index (κ1) is 14.2. The molecule has 2 aromatic rings. The number of hydrogen-bond donors (Lipinski definition) is 0. The van der Waals surface area contributed by atoms with E-state index in [-0.39, 0.29) is 0 Å². The molecule has 0 amide bonds. The Morgan fingerprint density at radius 1 is 0.944 bits per heavy atom. The first-order valence-corrected chi connectivity index (χ1v) is 6.36. The van der Waals surface area contributed by atoms with E-state index in [9.17, 15) is 0 Å². The lowest BCUT2D eigenvalue weighted by Crippen LogP contribution is -1.98. The summed E-state index contributed by atoms with van der Waals surface area (Å²) in [5.74, 6) is 0.687. The van der Waals surface area contributed by atoms with Gasteiger partial charge in [0.25, 0.3) is 0 Å². The minimum absolute atomic E-state index is 0.566. The average molecular weight is 243 g/mol. The van der Waals surface area contributed by atoms with Gasteiger partial charge in [0.2, 0.25) is 5.88 Å². The van der Waals surface area contributed by atoms with E-state index in [0.29, 0.717) is 12.5 Å². The molecule has 0 N–H and O–H groups in total. The molecular formula is C16H21NO. The van der Waals surface area contributed by atoms with E-state index in [1.807, 2.05) is 70.2 Å². The van der Waals surface area contributed by atoms with E-state index in [2.05, 4.69) is 4.98 Å². The van der Waals surface area contributed by atoms with Crippen molar-refractivity contribution < 1.29 is 4.74 Å². The van der Waals surface area contributed by atoms with Gasteiger partial charge in [-0.15, -0.1) is 0 Å². The zero-order valence-electron chi connectivity index (χ0n) is 11.6.